The van der Waals surface area contributed by atoms with Crippen molar-refractivity contribution < 1.29 is 4.79 Å². The molecule has 3 aromatic rings. The number of anilines is 1. The normalized spacial score (nSPS) is 10.9. The van der Waals surface area contributed by atoms with Crippen molar-refractivity contribution in [3.63, 3.8) is 0 Å². The predicted molar refractivity (Wildman–Crippen MR) is 87.9 cm³/mol. The summed E-state index contributed by atoms with van der Waals surface area (Å²) >= 11 is 0. The Morgan fingerprint density at radius 1 is 1.14 bits per heavy atom. The number of para-hydroxylation sites is 1. The SMILES string of the molecule is CC(C)NC(=O)Nc1ccccc1-c1cn2ccccc2n1. The maximum Gasteiger partial charge on any atom is 0.319 e. The van der Waals surface area contributed by atoms with E-state index in [-0.39, 0.29) is 12.1 Å². The van der Waals surface area contributed by atoms with Gasteiger partial charge in [0.15, 0.2) is 0 Å². The molecule has 0 unspecified atom stereocenters. The number of aromatic nitrogens is 2. The number of carbonyl (C=O) groups is 1. The molecule has 1 aromatic carbocycles. The molecular formula is C17H18N4O. The number of benzene rings is 1. The summed E-state index contributed by atoms with van der Waals surface area (Å²) in [6.07, 6.45) is 3.91. The van der Waals surface area contributed by atoms with Crippen LogP contribution in [0.5, 0.6) is 0 Å². The highest BCUT2D eigenvalue weighted by atomic mass is 16.2. The molecular weight excluding hydrogens is 276 g/mol. The number of imidazole rings is 1. The standard InChI is InChI=1S/C17H18N4O/c1-12(2)18-17(22)20-14-8-4-3-7-13(14)15-11-21-10-6-5-9-16(21)19-15/h3-12H,1-2H3,(H2,18,20,22). The molecule has 0 aliphatic heterocycles. The van der Waals surface area contributed by atoms with Crippen LogP contribution < -0.4 is 10.6 Å². The van der Waals surface area contributed by atoms with E-state index in [4.69, 9.17) is 0 Å². The fourth-order valence-electron chi connectivity index (χ4n) is 2.30. The Morgan fingerprint density at radius 2 is 1.91 bits per heavy atom. The van der Waals surface area contributed by atoms with Crippen LogP contribution in [0, 0.1) is 0 Å². The third-order valence-corrected chi connectivity index (χ3v) is 3.23. The summed E-state index contributed by atoms with van der Waals surface area (Å²) in [5.74, 6) is 0. The van der Waals surface area contributed by atoms with E-state index in [0.29, 0.717) is 0 Å². The van der Waals surface area contributed by atoms with E-state index in [1.165, 1.54) is 0 Å². The van der Waals surface area contributed by atoms with Gasteiger partial charge in [-0.05, 0) is 32.0 Å². The van der Waals surface area contributed by atoms with E-state index < -0.39 is 0 Å². The van der Waals surface area contributed by atoms with Crippen molar-refractivity contribution in [1.29, 1.82) is 0 Å². The Balaban J connectivity index is 1.95. The van der Waals surface area contributed by atoms with E-state index in [0.717, 1.165) is 22.6 Å². The molecule has 2 aromatic heterocycles. The second kappa shape index (κ2) is 5.89. The molecule has 5 nitrogen and oxygen atoms in total. The lowest BCUT2D eigenvalue weighted by Crippen LogP contribution is -2.34. The quantitative estimate of drug-likeness (QED) is 0.776. The average molecular weight is 294 g/mol. The number of fused-ring (bicyclic) bond motifs is 1. The average Bonchev–Trinajstić information content (AvgIpc) is 2.90. The number of carbonyl (C=O) groups excluding carboxylic acids is 1. The minimum atomic E-state index is -0.216. The fourth-order valence-corrected chi connectivity index (χ4v) is 2.30. The molecule has 2 N–H and O–H groups in total. The van der Waals surface area contributed by atoms with Crippen molar-refractivity contribution in [2.75, 3.05) is 5.32 Å². The van der Waals surface area contributed by atoms with E-state index in [1.807, 2.05) is 73.1 Å². The highest BCUT2D eigenvalue weighted by Crippen LogP contribution is 2.27. The Bertz CT molecular complexity index is 774. The molecule has 22 heavy (non-hydrogen) atoms. The lowest BCUT2D eigenvalue weighted by molar-refractivity contribution is 0.250. The summed E-state index contributed by atoms with van der Waals surface area (Å²) in [6.45, 7) is 3.85. The minimum absolute atomic E-state index is 0.0855. The van der Waals surface area contributed by atoms with Gasteiger partial charge in [-0.25, -0.2) is 9.78 Å². The molecule has 0 spiro atoms. The second-order valence-electron chi connectivity index (χ2n) is 5.39. The highest BCUT2D eigenvalue weighted by molar-refractivity contribution is 5.94. The Hall–Kier alpha value is -2.82. The zero-order chi connectivity index (χ0) is 15.5. The van der Waals surface area contributed by atoms with Gasteiger partial charge in [0, 0.05) is 24.0 Å². The maximum absolute atomic E-state index is 11.9. The van der Waals surface area contributed by atoms with Crippen LogP contribution in [0.15, 0.2) is 54.9 Å². The predicted octanol–water partition coefficient (Wildman–Crippen LogP) is 3.53. The number of hydrogen-bond acceptors (Lipinski definition) is 2. The first-order valence-electron chi connectivity index (χ1n) is 7.24. The van der Waals surface area contributed by atoms with Gasteiger partial charge in [0.2, 0.25) is 0 Å². The van der Waals surface area contributed by atoms with Crippen molar-refractivity contribution in [3.05, 3.63) is 54.9 Å². The summed E-state index contributed by atoms with van der Waals surface area (Å²) in [4.78, 5) is 16.5. The van der Waals surface area contributed by atoms with Crippen molar-refractivity contribution in [2.24, 2.45) is 0 Å². The minimum Gasteiger partial charge on any atom is -0.336 e. The molecule has 112 valence electrons. The lowest BCUT2D eigenvalue weighted by Gasteiger charge is -2.12. The summed E-state index contributed by atoms with van der Waals surface area (Å²) in [6, 6.07) is 13.4. The number of rotatable bonds is 3. The fraction of sp³-hybridized carbons (Fsp3) is 0.176. The highest BCUT2D eigenvalue weighted by Gasteiger charge is 2.11. The summed E-state index contributed by atoms with van der Waals surface area (Å²) < 4.78 is 1.96. The van der Waals surface area contributed by atoms with Crippen LogP contribution in [0.2, 0.25) is 0 Å². The van der Waals surface area contributed by atoms with E-state index >= 15 is 0 Å². The Kier molecular flexibility index (Phi) is 3.78. The van der Waals surface area contributed by atoms with Crippen LogP contribution in [-0.4, -0.2) is 21.5 Å². The lowest BCUT2D eigenvalue weighted by atomic mass is 10.1. The number of hydrogen-bond donors (Lipinski definition) is 2. The van der Waals surface area contributed by atoms with Crippen LogP contribution in [0.1, 0.15) is 13.8 Å². The van der Waals surface area contributed by atoms with Crippen LogP contribution in [0.3, 0.4) is 0 Å². The van der Waals surface area contributed by atoms with Gasteiger partial charge < -0.3 is 15.0 Å². The van der Waals surface area contributed by atoms with Crippen LogP contribution in [0.25, 0.3) is 16.9 Å². The Morgan fingerprint density at radius 3 is 2.68 bits per heavy atom. The van der Waals surface area contributed by atoms with Crippen molar-refractivity contribution in [1.82, 2.24) is 14.7 Å². The molecule has 2 amide bonds. The van der Waals surface area contributed by atoms with Crippen LogP contribution in [-0.2, 0) is 0 Å². The number of amides is 2. The third-order valence-electron chi connectivity index (χ3n) is 3.23. The molecule has 3 rings (SSSR count). The zero-order valence-electron chi connectivity index (χ0n) is 12.6. The van der Waals surface area contributed by atoms with Gasteiger partial charge in [-0.2, -0.15) is 0 Å². The Labute approximate surface area is 129 Å². The number of nitrogens with one attached hydrogen (secondary N) is 2. The largest absolute Gasteiger partial charge is 0.336 e. The monoisotopic (exact) mass is 294 g/mol. The van der Waals surface area contributed by atoms with E-state index in [2.05, 4.69) is 15.6 Å². The smallest absolute Gasteiger partial charge is 0.319 e. The molecule has 0 atom stereocenters. The first-order valence-corrected chi connectivity index (χ1v) is 7.24. The van der Waals surface area contributed by atoms with Crippen LogP contribution >= 0.6 is 0 Å². The van der Waals surface area contributed by atoms with Gasteiger partial charge in [0.1, 0.15) is 5.65 Å². The van der Waals surface area contributed by atoms with Crippen molar-refractivity contribution >= 4 is 17.4 Å². The van der Waals surface area contributed by atoms with Crippen molar-refractivity contribution in [2.45, 2.75) is 19.9 Å². The van der Waals surface area contributed by atoms with Gasteiger partial charge in [-0.1, -0.05) is 24.3 Å². The van der Waals surface area contributed by atoms with Gasteiger partial charge in [-0.3, -0.25) is 0 Å². The van der Waals surface area contributed by atoms with Gasteiger partial charge in [0.25, 0.3) is 0 Å². The van der Waals surface area contributed by atoms with Gasteiger partial charge >= 0.3 is 6.03 Å². The van der Waals surface area contributed by atoms with E-state index in [9.17, 15) is 4.79 Å². The summed E-state index contributed by atoms with van der Waals surface area (Å²) in [5, 5.41) is 5.71. The van der Waals surface area contributed by atoms with Gasteiger partial charge in [-0.15, -0.1) is 0 Å². The molecule has 0 saturated heterocycles. The molecule has 2 heterocycles. The molecule has 0 aliphatic carbocycles. The molecule has 0 aliphatic rings. The number of pyridine rings is 1. The van der Waals surface area contributed by atoms with Crippen molar-refractivity contribution in [3.8, 4) is 11.3 Å². The topological polar surface area (TPSA) is 58.4 Å². The first-order chi connectivity index (χ1) is 10.6. The molecule has 0 fully saturated rings. The summed E-state index contributed by atoms with van der Waals surface area (Å²) in [7, 11) is 0. The number of nitrogens with zero attached hydrogens (tertiary/aromatic N) is 2. The molecule has 0 saturated carbocycles. The molecule has 0 radical (unpaired) electrons. The maximum atomic E-state index is 11.9. The first kappa shape index (κ1) is 14.1. The summed E-state index contributed by atoms with van der Waals surface area (Å²) in [5.41, 5.74) is 3.33. The molecule has 0 bridgehead atoms. The van der Waals surface area contributed by atoms with E-state index in [1.54, 1.807) is 0 Å². The molecule has 5 heteroatoms. The third kappa shape index (κ3) is 2.93. The van der Waals surface area contributed by atoms with Gasteiger partial charge in [0.05, 0.1) is 11.4 Å². The zero-order valence-corrected chi connectivity index (χ0v) is 12.6. The van der Waals surface area contributed by atoms with Crippen LogP contribution in [0.4, 0.5) is 10.5 Å². The number of urea groups is 1. The second-order valence-corrected chi connectivity index (χ2v) is 5.39.